The summed E-state index contributed by atoms with van der Waals surface area (Å²) in [5, 5.41) is 0. The van der Waals surface area contributed by atoms with Gasteiger partial charge in [0.15, 0.2) is 0 Å². The SMILES string of the molecule is Cc1ccc(N(S(=O)(=O)c2ccc(F)cc2)S(=O)(=O)c2ccc(F)cc2)cc1F. The molecule has 0 radical (unpaired) electrons. The van der Waals surface area contributed by atoms with Crippen LogP contribution in [-0.2, 0) is 20.0 Å². The Morgan fingerprint density at radius 1 is 0.655 bits per heavy atom. The van der Waals surface area contributed by atoms with Gasteiger partial charge in [-0.1, -0.05) is 6.07 Å². The van der Waals surface area contributed by atoms with Crippen LogP contribution in [0, 0.1) is 24.4 Å². The normalized spacial score (nSPS) is 12.0. The van der Waals surface area contributed by atoms with E-state index in [-0.39, 0.29) is 9.27 Å². The average Bonchev–Trinajstić information content (AvgIpc) is 2.65. The molecule has 29 heavy (non-hydrogen) atoms. The number of hydrogen-bond donors (Lipinski definition) is 0. The van der Waals surface area contributed by atoms with Gasteiger partial charge in [0, 0.05) is 0 Å². The molecule has 0 saturated carbocycles. The fraction of sp³-hybridized carbons (Fsp3) is 0.0526. The van der Waals surface area contributed by atoms with E-state index in [0.717, 1.165) is 60.7 Å². The van der Waals surface area contributed by atoms with Gasteiger partial charge in [-0.15, -0.1) is 0 Å². The molecule has 10 heteroatoms. The van der Waals surface area contributed by atoms with Crippen LogP contribution in [-0.4, -0.2) is 16.8 Å². The zero-order valence-corrected chi connectivity index (χ0v) is 16.5. The monoisotopic (exact) mass is 441 g/mol. The first-order valence-corrected chi connectivity index (χ1v) is 11.0. The summed E-state index contributed by atoms with van der Waals surface area (Å²) in [6.45, 7) is 1.42. The Kier molecular flexibility index (Phi) is 5.42. The third kappa shape index (κ3) is 3.99. The first-order chi connectivity index (χ1) is 13.5. The highest BCUT2D eigenvalue weighted by Gasteiger charge is 2.37. The summed E-state index contributed by atoms with van der Waals surface area (Å²) in [5.41, 5.74) is -0.311. The van der Waals surface area contributed by atoms with E-state index >= 15 is 0 Å². The molecule has 5 nitrogen and oxygen atoms in total. The Hall–Kier alpha value is -2.85. The molecule has 152 valence electrons. The lowest BCUT2D eigenvalue weighted by Gasteiger charge is -2.24. The van der Waals surface area contributed by atoms with Gasteiger partial charge in [-0.05, 0) is 73.2 Å². The van der Waals surface area contributed by atoms with Crippen molar-refractivity contribution in [3.05, 3.63) is 89.7 Å². The molecule has 3 rings (SSSR count). The van der Waals surface area contributed by atoms with Gasteiger partial charge in [0.2, 0.25) is 0 Å². The van der Waals surface area contributed by atoms with Gasteiger partial charge in [0.05, 0.1) is 15.5 Å². The standard InChI is InChI=1S/C19H14F3NO4S2/c1-13-2-7-16(12-19(13)22)23(28(24,25)17-8-3-14(20)4-9-17)29(26,27)18-10-5-15(21)6-11-18/h2-12H,1H3. The highest BCUT2D eigenvalue weighted by molar-refractivity contribution is 8.10. The summed E-state index contributed by atoms with van der Waals surface area (Å²) in [6, 6.07) is 10.1. The molecule has 3 aromatic rings. The Labute approximate surface area is 166 Å². The molecule has 0 amide bonds. The first-order valence-electron chi connectivity index (χ1n) is 8.11. The van der Waals surface area contributed by atoms with Gasteiger partial charge in [-0.2, -0.15) is 3.71 Å². The second-order valence-electron chi connectivity index (χ2n) is 6.05. The van der Waals surface area contributed by atoms with E-state index in [1.165, 1.54) is 13.0 Å². The predicted molar refractivity (Wildman–Crippen MR) is 101 cm³/mol. The number of halogens is 3. The number of hydrogen-bond acceptors (Lipinski definition) is 4. The van der Waals surface area contributed by atoms with Crippen molar-refractivity contribution in [2.75, 3.05) is 3.71 Å². The van der Waals surface area contributed by atoms with E-state index in [1.54, 1.807) is 0 Å². The maximum atomic E-state index is 14.1. The summed E-state index contributed by atoms with van der Waals surface area (Å²) in [4.78, 5) is -1.05. The van der Waals surface area contributed by atoms with Crippen LogP contribution < -0.4 is 3.71 Å². The topological polar surface area (TPSA) is 71.5 Å². The second kappa shape index (κ2) is 7.53. The molecule has 0 aliphatic heterocycles. The van der Waals surface area contributed by atoms with Gasteiger partial charge in [0.1, 0.15) is 17.5 Å². The number of nitrogens with zero attached hydrogens (tertiary/aromatic N) is 1. The largest absolute Gasteiger partial charge is 0.277 e. The third-order valence-corrected chi connectivity index (χ3v) is 8.23. The molecule has 0 aromatic heterocycles. The van der Waals surface area contributed by atoms with Crippen molar-refractivity contribution in [2.45, 2.75) is 16.7 Å². The lowest BCUT2D eigenvalue weighted by Crippen LogP contribution is -2.37. The summed E-state index contributed by atoms with van der Waals surface area (Å²) in [5.74, 6) is -2.27. The van der Waals surface area contributed by atoms with Crippen LogP contribution in [0.1, 0.15) is 5.56 Å². The van der Waals surface area contributed by atoms with E-state index in [4.69, 9.17) is 0 Å². The molecule has 0 spiro atoms. The molecular weight excluding hydrogens is 427 g/mol. The minimum Gasteiger partial charge on any atom is -0.207 e. The fourth-order valence-electron chi connectivity index (χ4n) is 2.51. The van der Waals surface area contributed by atoms with Crippen LogP contribution in [0.3, 0.4) is 0 Å². The molecule has 0 heterocycles. The smallest absolute Gasteiger partial charge is 0.207 e. The molecule has 0 aliphatic rings. The third-order valence-electron chi connectivity index (χ3n) is 4.03. The lowest BCUT2D eigenvalue weighted by molar-refractivity contribution is 0.583. The van der Waals surface area contributed by atoms with Crippen LogP contribution in [0.4, 0.5) is 18.9 Å². The second-order valence-corrected chi connectivity index (χ2v) is 9.85. The van der Waals surface area contributed by atoms with Gasteiger partial charge in [0.25, 0.3) is 20.0 Å². The highest BCUT2D eigenvalue weighted by Crippen LogP contribution is 2.32. The van der Waals surface area contributed by atoms with Crippen LogP contribution in [0.25, 0.3) is 0 Å². The van der Waals surface area contributed by atoms with Crippen LogP contribution in [0.5, 0.6) is 0 Å². The number of aryl methyl sites for hydroxylation is 1. The Balaban J connectivity index is 2.28. The number of benzene rings is 3. The van der Waals surface area contributed by atoms with E-state index in [0.29, 0.717) is 0 Å². The minimum absolute atomic E-state index is 0.0446. The Morgan fingerprint density at radius 2 is 1.07 bits per heavy atom. The van der Waals surface area contributed by atoms with Crippen LogP contribution >= 0.6 is 0 Å². The Morgan fingerprint density at radius 3 is 1.45 bits per heavy atom. The van der Waals surface area contributed by atoms with Crippen molar-refractivity contribution < 1.29 is 30.0 Å². The van der Waals surface area contributed by atoms with E-state index in [9.17, 15) is 30.0 Å². The maximum absolute atomic E-state index is 14.1. The van der Waals surface area contributed by atoms with Gasteiger partial charge < -0.3 is 0 Å². The summed E-state index contributed by atoms with van der Waals surface area (Å²) >= 11 is 0. The molecule has 0 fully saturated rings. The van der Waals surface area contributed by atoms with E-state index in [2.05, 4.69) is 0 Å². The highest BCUT2D eigenvalue weighted by atomic mass is 32.3. The van der Waals surface area contributed by atoms with Crippen molar-refractivity contribution in [1.82, 2.24) is 0 Å². The van der Waals surface area contributed by atoms with Crippen molar-refractivity contribution in [3.8, 4) is 0 Å². The summed E-state index contributed by atoms with van der Waals surface area (Å²) < 4.78 is 93.2. The molecule has 0 atom stereocenters. The quantitative estimate of drug-likeness (QED) is 0.600. The van der Waals surface area contributed by atoms with Crippen molar-refractivity contribution >= 4 is 25.7 Å². The maximum Gasteiger partial charge on any atom is 0.277 e. The van der Waals surface area contributed by atoms with Crippen LogP contribution in [0.2, 0.25) is 0 Å². The molecule has 3 aromatic carbocycles. The van der Waals surface area contributed by atoms with Gasteiger partial charge >= 0.3 is 0 Å². The zero-order chi connectivity index (χ0) is 21.4. The summed E-state index contributed by atoms with van der Waals surface area (Å²) in [7, 11) is -9.60. The number of sulfonamides is 2. The molecule has 0 aliphatic carbocycles. The van der Waals surface area contributed by atoms with Crippen molar-refractivity contribution in [3.63, 3.8) is 0 Å². The molecular formula is C19H14F3NO4S2. The van der Waals surface area contributed by atoms with Gasteiger partial charge in [-0.25, -0.2) is 30.0 Å². The minimum atomic E-state index is -4.80. The average molecular weight is 441 g/mol. The fourth-order valence-corrected chi connectivity index (χ4v) is 6.18. The Bertz CT molecular complexity index is 1180. The lowest BCUT2D eigenvalue weighted by atomic mass is 10.2. The first kappa shape index (κ1) is 20.9. The molecule has 0 saturated heterocycles. The van der Waals surface area contributed by atoms with Gasteiger partial charge in [-0.3, -0.25) is 0 Å². The van der Waals surface area contributed by atoms with Crippen LogP contribution in [0.15, 0.2) is 76.5 Å². The number of rotatable bonds is 5. The molecule has 0 N–H and O–H groups in total. The molecule has 0 unspecified atom stereocenters. The predicted octanol–water partition coefficient (Wildman–Crippen LogP) is 4.00. The number of anilines is 1. The molecule has 0 bridgehead atoms. The van der Waals surface area contributed by atoms with Crippen molar-refractivity contribution in [1.29, 1.82) is 0 Å². The van der Waals surface area contributed by atoms with Crippen molar-refractivity contribution in [2.24, 2.45) is 0 Å². The zero-order valence-electron chi connectivity index (χ0n) is 14.9. The summed E-state index contributed by atoms with van der Waals surface area (Å²) in [6.07, 6.45) is 0. The van der Waals surface area contributed by atoms with E-state index in [1.807, 2.05) is 0 Å². The van der Waals surface area contributed by atoms with E-state index < -0.39 is 53.0 Å².